The Morgan fingerprint density at radius 1 is 1.00 bits per heavy atom. The first kappa shape index (κ1) is 18.8. The zero-order valence-electron chi connectivity index (χ0n) is 13.7. The molecule has 0 aliphatic carbocycles. The molecule has 1 aromatic heterocycles. The summed E-state index contributed by atoms with van der Waals surface area (Å²) < 4.78 is 1.02. The van der Waals surface area contributed by atoms with E-state index in [1.807, 2.05) is 36.4 Å². The Morgan fingerprint density at radius 3 is 2.31 bits per heavy atom. The van der Waals surface area contributed by atoms with Crippen LogP contribution in [0.15, 0.2) is 78.0 Å². The summed E-state index contributed by atoms with van der Waals surface area (Å²) >= 11 is 13.4. The van der Waals surface area contributed by atoms with Gasteiger partial charge in [0, 0.05) is 33.3 Å². The van der Waals surface area contributed by atoms with Gasteiger partial charge in [0.2, 0.25) is 6.20 Å². The number of nitrogens with zero attached hydrogens (tertiary/aromatic N) is 1. The highest BCUT2D eigenvalue weighted by molar-refractivity contribution is 8.00. The molecule has 0 radical (unpaired) electrons. The van der Waals surface area contributed by atoms with Gasteiger partial charge in [0.05, 0.1) is 5.25 Å². The normalized spacial score (nSPS) is 11.9. The van der Waals surface area contributed by atoms with Crippen molar-refractivity contribution >= 4 is 40.7 Å². The highest BCUT2D eigenvalue weighted by Gasteiger charge is 2.26. The average molecular weight is 405 g/mol. The van der Waals surface area contributed by atoms with Crippen molar-refractivity contribution in [1.29, 1.82) is 0 Å². The Hall–Kier alpha value is -2.01. The average Bonchev–Trinajstić information content (AvgIpc) is 2.60. The first-order chi connectivity index (χ1) is 12.5. The van der Waals surface area contributed by atoms with Crippen molar-refractivity contribution in [3.63, 3.8) is 0 Å². The molecule has 0 aliphatic heterocycles. The van der Waals surface area contributed by atoms with Crippen LogP contribution in [0.5, 0.6) is 0 Å². The standard InChI is InChI=1S/C20H16Cl2NO2S/c21-16-10-14(11-17(22)13-16)12-18(24)20(15-6-2-1-3-7-15)26-19-8-4-5-9-23(19)25/h1-11,13,20,25H,12H2/q+1. The Bertz CT molecular complexity index is 898. The largest absolute Gasteiger partial charge is 0.298 e. The second kappa shape index (κ2) is 8.58. The van der Waals surface area contributed by atoms with Crippen LogP contribution in [-0.4, -0.2) is 11.0 Å². The molecule has 132 valence electrons. The summed E-state index contributed by atoms with van der Waals surface area (Å²) in [6, 6.07) is 19.9. The molecule has 1 atom stereocenters. The fourth-order valence-corrected chi connectivity index (χ4v) is 4.23. The SMILES string of the molecule is O=C(Cc1cc(Cl)cc(Cl)c1)C(Sc1cccc[n+]1O)c1ccccc1. The van der Waals surface area contributed by atoms with Crippen LogP contribution in [-0.2, 0) is 11.2 Å². The summed E-state index contributed by atoms with van der Waals surface area (Å²) in [4.78, 5) is 13.1. The van der Waals surface area contributed by atoms with E-state index in [4.69, 9.17) is 23.2 Å². The van der Waals surface area contributed by atoms with E-state index in [0.29, 0.717) is 15.1 Å². The topological polar surface area (TPSA) is 41.2 Å². The van der Waals surface area contributed by atoms with Gasteiger partial charge in [-0.15, -0.1) is 0 Å². The zero-order chi connectivity index (χ0) is 18.5. The first-order valence-electron chi connectivity index (χ1n) is 7.92. The van der Waals surface area contributed by atoms with E-state index >= 15 is 0 Å². The van der Waals surface area contributed by atoms with Gasteiger partial charge in [-0.25, -0.2) is 0 Å². The molecule has 0 spiro atoms. The second-order valence-electron chi connectivity index (χ2n) is 5.71. The molecule has 2 aromatic carbocycles. The Morgan fingerprint density at radius 2 is 1.65 bits per heavy atom. The molecule has 1 N–H and O–H groups in total. The maximum Gasteiger partial charge on any atom is 0.292 e. The number of Topliss-reactive ketones (excluding diaryl/α,β-unsaturated/α-hetero) is 1. The highest BCUT2D eigenvalue weighted by atomic mass is 35.5. The van der Waals surface area contributed by atoms with Gasteiger partial charge >= 0.3 is 0 Å². The van der Waals surface area contributed by atoms with Crippen LogP contribution in [0.25, 0.3) is 0 Å². The third kappa shape index (κ3) is 4.79. The molecule has 0 fully saturated rings. The number of rotatable bonds is 6. The molecule has 0 bridgehead atoms. The molecule has 3 aromatic rings. The number of pyridine rings is 1. The minimum atomic E-state index is -0.463. The molecule has 0 aliphatic rings. The summed E-state index contributed by atoms with van der Waals surface area (Å²) in [5.74, 6) is 0.00314. The summed E-state index contributed by atoms with van der Waals surface area (Å²) in [5.41, 5.74) is 1.64. The van der Waals surface area contributed by atoms with Crippen LogP contribution >= 0.6 is 35.0 Å². The van der Waals surface area contributed by atoms with Crippen LogP contribution in [0.2, 0.25) is 10.0 Å². The van der Waals surface area contributed by atoms with E-state index < -0.39 is 5.25 Å². The number of ketones is 1. The number of aromatic nitrogens is 1. The summed E-state index contributed by atoms with van der Waals surface area (Å²) in [6.07, 6.45) is 1.73. The summed E-state index contributed by atoms with van der Waals surface area (Å²) in [6.45, 7) is 0. The van der Waals surface area contributed by atoms with Crippen LogP contribution in [0.3, 0.4) is 0 Å². The predicted molar refractivity (Wildman–Crippen MR) is 104 cm³/mol. The third-order valence-corrected chi connectivity index (χ3v) is 5.51. The molecule has 3 rings (SSSR count). The van der Waals surface area contributed by atoms with E-state index in [1.165, 1.54) is 18.0 Å². The Labute approximate surface area is 166 Å². The molecule has 3 nitrogen and oxygen atoms in total. The molecule has 0 saturated carbocycles. The lowest BCUT2D eigenvalue weighted by Gasteiger charge is -2.14. The van der Waals surface area contributed by atoms with Crippen molar-refractivity contribution in [2.45, 2.75) is 16.7 Å². The number of hydrogen-bond acceptors (Lipinski definition) is 3. The maximum absolute atomic E-state index is 13.1. The maximum atomic E-state index is 13.1. The minimum absolute atomic E-state index is 0.00314. The van der Waals surface area contributed by atoms with Crippen molar-refractivity contribution in [2.75, 3.05) is 0 Å². The van der Waals surface area contributed by atoms with Crippen molar-refractivity contribution in [3.05, 3.63) is 94.1 Å². The number of carbonyl (C=O) groups is 1. The van der Waals surface area contributed by atoms with Crippen molar-refractivity contribution in [3.8, 4) is 0 Å². The number of hydrogen-bond donors (Lipinski definition) is 1. The lowest BCUT2D eigenvalue weighted by atomic mass is 10.0. The minimum Gasteiger partial charge on any atom is -0.298 e. The van der Waals surface area contributed by atoms with E-state index in [1.54, 1.807) is 30.3 Å². The zero-order valence-corrected chi connectivity index (χ0v) is 16.0. The molecule has 26 heavy (non-hydrogen) atoms. The van der Waals surface area contributed by atoms with E-state index in [9.17, 15) is 10.0 Å². The van der Waals surface area contributed by atoms with Gasteiger partial charge in [-0.1, -0.05) is 53.5 Å². The summed E-state index contributed by atoms with van der Waals surface area (Å²) in [7, 11) is 0. The Kier molecular flexibility index (Phi) is 6.20. The molecule has 0 saturated heterocycles. The van der Waals surface area contributed by atoms with Crippen LogP contribution in [0, 0.1) is 0 Å². The van der Waals surface area contributed by atoms with Crippen LogP contribution in [0.4, 0.5) is 0 Å². The van der Waals surface area contributed by atoms with Gasteiger partial charge in [0.15, 0.2) is 5.78 Å². The smallest absolute Gasteiger partial charge is 0.292 e. The quantitative estimate of drug-likeness (QED) is 0.350. The lowest BCUT2D eigenvalue weighted by Crippen LogP contribution is -2.32. The predicted octanol–water partition coefficient (Wildman–Crippen LogP) is 5.16. The third-order valence-electron chi connectivity index (χ3n) is 3.74. The lowest BCUT2D eigenvalue weighted by molar-refractivity contribution is -0.932. The highest BCUT2D eigenvalue weighted by Crippen LogP contribution is 2.35. The van der Waals surface area contributed by atoms with E-state index in [2.05, 4.69) is 0 Å². The van der Waals surface area contributed by atoms with Gasteiger partial charge in [-0.05, 0) is 47.2 Å². The van der Waals surface area contributed by atoms with Gasteiger partial charge in [0.1, 0.15) is 0 Å². The van der Waals surface area contributed by atoms with Gasteiger partial charge in [-0.2, -0.15) is 0 Å². The monoisotopic (exact) mass is 404 g/mol. The fourth-order valence-electron chi connectivity index (χ4n) is 2.59. The number of benzene rings is 2. The Balaban J connectivity index is 1.90. The van der Waals surface area contributed by atoms with E-state index in [-0.39, 0.29) is 12.2 Å². The van der Waals surface area contributed by atoms with Crippen LogP contribution < -0.4 is 4.73 Å². The summed E-state index contributed by atoms with van der Waals surface area (Å²) in [5, 5.41) is 11.1. The van der Waals surface area contributed by atoms with Gasteiger partial charge in [0.25, 0.3) is 5.03 Å². The van der Waals surface area contributed by atoms with E-state index in [0.717, 1.165) is 15.9 Å². The fraction of sp³-hybridized carbons (Fsp3) is 0.100. The molecule has 1 heterocycles. The molecule has 6 heteroatoms. The van der Waals surface area contributed by atoms with Gasteiger partial charge < -0.3 is 0 Å². The van der Waals surface area contributed by atoms with Crippen LogP contribution in [0.1, 0.15) is 16.4 Å². The van der Waals surface area contributed by atoms with Crippen molar-refractivity contribution in [1.82, 2.24) is 0 Å². The van der Waals surface area contributed by atoms with Crippen molar-refractivity contribution < 1.29 is 14.7 Å². The van der Waals surface area contributed by atoms with Gasteiger partial charge in [-0.3, -0.25) is 10.0 Å². The number of thioether (sulfide) groups is 1. The molecular formula is C20H16Cl2NO2S+. The molecule has 1 unspecified atom stereocenters. The first-order valence-corrected chi connectivity index (χ1v) is 9.56. The number of carbonyl (C=O) groups excluding carboxylic acids is 1. The molecular weight excluding hydrogens is 389 g/mol. The number of halogens is 2. The second-order valence-corrected chi connectivity index (χ2v) is 7.71. The molecule has 0 amide bonds. The van der Waals surface area contributed by atoms with Crippen molar-refractivity contribution in [2.24, 2.45) is 0 Å².